The lowest BCUT2D eigenvalue weighted by atomic mass is 9.99. The van der Waals surface area contributed by atoms with Gasteiger partial charge in [0.25, 0.3) is 5.91 Å². The van der Waals surface area contributed by atoms with Crippen LogP contribution in [0.4, 0.5) is 13.2 Å². The van der Waals surface area contributed by atoms with Crippen molar-refractivity contribution in [3.05, 3.63) is 87.9 Å². The Morgan fingerprint density at radius 2 is 1.53 bits per heavy atom. The van der Waals surface area contributed by atoms with Gasteiger partial charge in [-0.3, -0.25) is 9.69 Å². The van der Waals surface area contributed by atoms with Crippen molar-refractivity contribution in [3.8, 4) is 16.9 Å². The number of hydrogen-bond acceptors (Lipinski definition) is 4. The number of alkyl halides is 3. The first kappa shape index (κ1) is 24.6. The number of benzene rings is 3. The summed E-state index contributed by atoms with van der Waals surface area (Å²) < 4.78 is 46.5. The van der Waals surface area contributed by atoms with Gasteiger partial charge >= 0.3 is 6.36 Å². The summed E-state index contributed by atoms with van der Waals surface area (Å²) in [4.78, 5) is 17.0. The first-order chi connectivity index (χ1) is 17.2. The predicted octanol–water partition coefficient (Wildman–Crippen LogP) is 5.89. The molecule has 0 aliphatic carbocycles. The van der Waals surface area contributed by atoms with Crippen LogP contribution in [0.25, 0.3) is 11.1 Å². The van der Waals surface area contributed by atoms with Crippen LogP contribution in [-0.4, -0.2) is 48.4 Å². The first-order valence-electron chi connectivity index (χ1n) is 11.6. The minimum absolute atomic E-state index is 0.196. The van der Waals surface area contributed by atoms with E-state index in [2.05, 4.69) is 33.9 Å². The summed E-state index contributed by atoms with van der Waals surface area (Å²) in [6, 6.07) is 17.6. The van der Waals surface area contributed by atoms with Crippen LogP contribution in [0.1, 0.15) is 27.0 Å². The Hall–Kier alpha value is -3.07. The zero-order valence-electron chi connectivity index (χ0n) is 19.4. The molecule has 1 saturated heterocycles. The van der Waals surface area contributed by atoms with E-state index in [0.717, 1.165) is 49.5 Å². The number of hydrogen-bond donors (Lipinski definition) is 0. The second-order valence-corrected chi connectivity index (χ2v) is 9.34. The average molecular weight is 517 g/mol. The van der Waals surface area contributed by atoms with Gasteiger partial charge < -0.3 is 14.4 Å². The van der Waals surface area contributed by atoms with Crippen LogP contribution in [0.5, 0.6) is 5.75 Å². The summed E-state index contributed by atoms with van der Waals surface area (Å²) in [5, 5.41) is 0.390. The van der Waals surface area contributed by atoms with Crippen molar-refractivity contribution in [1.82, 2.24) is 9.80 Å². The Balaban J connectivity index is 1.28. The minimum atomic E-state index is -4.74. The second kappa shape index (κ2) is 10.1. The van der Waals surface area contributed by atoms with Gasteiger partial charge in [0.05, 0.1) is 23.8 Å². The monoisotopic (exact) mass is 516 g/mol. The third kappa shape index (κ3) is 5.67. The molecule has 1 fully saturated rings. The van der Waals surface area contributed by atoms with Gasteiger partial charge in [0, 0.05) is 32.7 Å². The molecule has 0 N–H and O–H groups in total. The van der Waals surface area contributed by atoms with Crippen molar-refractivity contribution >= 4 is 17.5 Å². The maximum Gasteiger partial charge on any atom is 0.573 e. The molecule has 2 aliphatic rings. The standard InChI is InChI=1S/C27H24ClF3N2O3/c28-24-14-21(20-5-1-18(2-6-20)15-32-9-11-35-12-10-32)13-22-17-33(26(34)25(22)24)16-19-3-7-23(8-4-19)36-27(29,30)31/h1-8,13-14H,9-12,15-17H2. The third-order valence-corrected chi connectivity index (χ3v) is 6.66. The SMILES string of the molecule is O=C1c2c(Cl)cc(-c3ccc(CN4CCOCC4)cc3)cc2CN1Cc1ccc(OC(F)(F)F)cc1. The Bertz CT molecular complexity index is 1240. The van der Waals surface area contributed by atoms with Gasteiger partial charge in [-0.2, -0.15) is 0 Å². The fourth-order valence-corrected chi connectivity index (χ4v) is 4.91. The predicted molar refractivity (Wildman–Crippen MR) is 130 cm³/mol. The molecule has 0 saturated carbocycles. The fourth-order valence-electron chi connectivity index (χ4n) is 4.59. The molecule has 3 aromatic carbocycles. The lowest BCUT2D eigenvalue weighted by Crippen LogP contribution is -2.35. The van der Waals surface area contributed by atoms with Crippen LogP contribution in [0, 0.1) is 0 Å². The highest BCUT2D eigenvalue weighted by Crippen LogP contribution is 2.35. The van der Waals surface area contributed by atoms with Gasteiger partial charge in [-0.15, -0.1) is 13.2 Å². The van der Waals surface area contributed by atoms with Crippen LogP contribution >= 0.6 is 11.6 Å². The van der Waals surface area contributed by atoms with E-state index in [-0.39, 0.29) is 18.2 Å². The average Bonchev–Trinajstić information content (AvgIpc) is 3.16. The van der Waals surface area contributed by atoms with Crippen LogP contribution in [0.15, 0.2) is 60.7 Å². The van der Waals surface area contributed by atoms with Crippen LogP contribution in [-0.2, 0) is 24.4 Å². The number of ether oxygens (including phenoxy) is 2. The minimum Gasteiger partial charge on any atom is -0.406 e. The van der Waals surface area contributed by atoms with Crippen molar-refractivity contribution in [3.63, 3.8) is 0 Å². The largest absolute Gasteiger partial charge is 0.573 e. The quantitative estimate of drug-likeness (QED) is 0.409. The molecule has 188 valence electrons. The molecule has 0 radical (unpaired) electrons. The first-order valence-corrected chi connectivity index (χ1v) is 12.0. The summed E-state index contributed by atoms with van der Waals surface area (Å²) in [7, 11) is 0. The molecule has 0 atom stereocenters. The molecule has 36 heavy (non-hydrogen) atoms. The molecule has 0 spiro atoms. The van der Waals surface area contributed by atoms with Crippen LogP contribution < -0.4 is 4.74 Å². The molecular weight excluding hydrogens is 493 g/mol. The van der Waals surface area contributed by atoms with Crippen molar-refractivity contribution < 1.29 is 27.4 Å². The van der Waals surface area contributed by atoms with E-state index >= 15 is 0 Å². The highest BCUT2D eigenvalue weighted by atomic mass is 35.5. The molecule has 1 amide bonds. The van der Waals surface area contributed by atoms with E-state index in [9.17, 15) is 18.0 Å². The van der Waals surface area contributed by atoms with Crippen molar-refractivity contribution in [2.45, 2.75) is 26.0 Å². The molecule has 9 heteroatoms. The maximum atomic E-state index is 13.0. The number of halogens is 4. The number of morpholine rings is 1. The molecule has 5 rings (SSSR count). The zero-order chi connectivity index (χ0) is 25.3. The Labute approximate surface area is 212 Å². The number of rotatable bonds is 6. The maximum absolute atomic E-state index is 13.0. The van der Waals surface area contributed by atoms with E-state index in [1.54, 1.807) is 4.90 Å². The van der Waals surface area contributed by atoms with E-state index in [1.165, 1.54) is 29.8 Å². The van der Waals surface area contributed by atoms with Crippen LogP contribution in [0.3, 0.4) is 0 Å². The van der Waals surface area contributed by atoms with Gasteiger partial charge in [-0.25, -0.2) is 0 Å². The van der Waals surface area contributed by atoms with Gasteiger partial charge in [0.2, 0.25) is 0 Å². The summed E-state index contributed by atoms with van der Waals surface area (Å²) in [5.41, 5.74) is 5.16. The van der Waals surface area contributed by atoms with Crippen molar-refractivity contribution in [2.75, 3.05) is 26.3 Å². The summed E-state index contributed by atoms with van der Waals surface area (Å²) in [6.07, 6.45) is -4.74. The second-order valence-electron chi connectivity index (χ2n) is 8.93. The summed E-state index contributed by atoms with van der Waals surface area (Å²) in [5.74, 6) is -0.496. The van der Waals surface area contributed by atoms with Gasteiger partial charge in [0.15, 0.2) is 0 Å². The van der Waals surface area contributed by atoms with E-state index in [4.69, 9.17) is 16.3 Å². The lowest BCUT2D eigenvalue weighted by molar-refractivity contribution is -0.274. The number of amides is 1. The zero-order valence-corrected chi connectivity index (χ0v) is 20.1. The Kier molecular flexibility index (Phi) is 6.92. The summed E-state index contributed by atoms with van der Waals surface area (Å²) in [6.45, 7) is 4.88. The number of carbonyl (C=O) groups excluding carboxylic acids is 1. The Morgan fingerprint density at radius 3 is 2.19 bits per heavy atom. The van der Waals surface area contributed by atoms with Gasteiger partial charge in [0.1, 0.15) is 5.75 Å². The Morgan fingerprint density at radius 1 is 0.889 bits per heavy atom. The van der Waals surface area contributed by atoms with E-state index in [0.29, 0.717) is 22.7 Å². The highest BCUT2D eigenvalue weighted by Gasteiger charge is 2.32. The summed E-state index contributed by atoms with van der Waals surface area (Å²) >= 11 is 6.54. The molecular formula is C27H24ClF3N2O3. The topological polar surface area (TPSA) is 42.0 Å². The van der Waals surface area contributed by atoms with Crippen molar-refractivity contribution in [1.29, 1.82) is 0 Å². The number of nitrogens with zero attached hydrogens (tertiary/aromatic N) is 2. The van der Waals surface area contributed by atoms with E-state index in [1.807, 2.05) is 12.1 Å². The van der Waals surface area contributed by atoms with Gasteiger partial charge in [-0.1, -0.05) is 48.0 Å². The van der Waals surface area contributed by atoms with Gasteiger partial charge in [-0.05, 0) is 52.1 Å². The smallest absolute Gasteiger partial charge is 0.406 e. The molecule has 0 aromatic heterocycles. The molecule has 2 heterocycles. The molecule has 0 bridgehead atoms. The molecule has 0 unspecified atom stereocenters. The normalized spacial score (nSPS) is 16.3. The van der Waals surface area contributed by atoms with Crippen LogP contribution in [0.2, 0.25) is 5.02 Å². The molecule has 2 aliphatic heterocycles. The number of fused-ring (bicyclic) bond motifs is 1. The number of carbonyl (C=O) groups is 1. The lowest BCUT2D eigenvalue weighted by Gasteiger charge is -2.26. The molecule has 3 aromatic rings. The fraction of sp³-hybridized carbons (Fsp3) is 0.296. The van der Waals surface area contributed by atoms with E-state index < -0.39 is 6.36 Å². The highest BCUT2D eigenvalue weighted by molar-refractivity contribution is 6.34. The molecule has 5 nitrogen and oxygen atoms in total. The third-order valence-electron chi connectivity index (χ3n) is 6.36. The van der Waals surface area contributed by atoms with Crippen molar-refractivity contribution in [2.24, 2.45) is 0 Å².